The summed E-state index contributed by atoms with van der Waals surface area (Å²) in [7, 11) is 0. The summed E-state index contributed by atoms with van der Waals surface area (Å²) in [6.45, 7) is 7.04. The summed E-state index contributed by atoms with van der Waals surface area (Å²) in [6, 6.07) is 11.4. The van der Waals surface area contributed by atoms with Crippen LogP contribution in [0.15, 0.2) is 52.8 Å². The molecule has 0 aliphatic rings. The lowest BCUT2D eigenvalue weighted by Gasteiger charge is -2.12. The number of anilines is 1. The number of nitrogen functional groups attached to an aromatic ring is 1. The van der Waals surface area contributed by atoms with Crippen molar-refractivity contribution in [2.24, 2.45) is 10.2 Å². The first-order valence-corrected chi connectivity index (χ1v) is 12.8. The van der Waals surface area contributed by atoms with Crippen LogP contribution in [0.5, 0.6) is 0 Å². The molecule has 0 aliphatic carbocycles. The van der Waals surface area contributed by atoms with Crippen molar-refractivity contribution < 1.29 is 9.63 Å². The number of benzene rings is 1. The summed E-state index contributed by atoms with van der Waals surface area (Å²) < 4.78 is 1.83. The van der Waals surface area contributed by atoms with Gasteiger partial charge in [0.05, 0.1) is 17.1 Å². The molecule has 0 bridgehead atoms. The first-order chi connectivity index (χ1) is 18.0. The molecule has 37 heavy (non-hydrogen) atoms. The van der Waals surface area contributed by atoms with Crippen molar-refractivity contribution in [2.45, 2.75) is 58.9 Å². The zero-order chi connectivity index (χ0) is 26.2. The Balaban J connectivity index is 1.35. The largest absolute Gasteiger partial charge is 0.412 e. The lowest BCUT2D eigenvalue weighted by molar-refractivity contribution is 0.0942. The van der Waals surface area contributed by atoms with Gasteiger partial charge in [-0.25, -0.2) is 15.0 Å². The zero-order valence-electron chi connectivity index (χ0n) is 21.6. The predicted molar refractivity (Wildman–Crippen MR) is 145 cm³/mol. The Bertz CT molecular complexity index is 1380. The van der Waals surface area contributed by atoms with Crippen LogP contribution in [0.2, 0.25) is 0 Å². The van der Waals surface area contributed by atoms with E-state index in [0.29, 0.717) is 35.9 Å². The van der Waals surface area contributed by atoms with Crippen LogP contribution in [0, 0.1) is 0 Å². The molecule has 0 spiro atoms. The van der Waals surface area contributed by atoms with Gasteiger partial charge in [0, 0.05) is 24.5 Å². The molecular weight excluding hydrogens is 468 g/mol. The molecule has 0 atom stereocenters. The maximum Gasteiger partial charge on any atom is 0.252 e. The summed E-state index contributed by atoms with van der Waals surface area (Å²) in [5.74, 6) is 1.57. The second kappa shape index (κ2) is 12.2. The zero-order valence-corrected chi connectivity index (χ0v) is 21.6. The first-order valence-electron chi connectivity index (χ1n) is 12.8. The number of pyridine rings is 2. The molecule has 4 rings (SSSR count). The standard InChI is InChI=1S/C27H34N8O2/c1-4-5-12-23-32-24-25(20-10-6-7-11-21(20)31-26(24)28)35(23)37-16-9-8-15-29-27(36)19-13-14-22(30-17-19)34-33-18(2)3/h6-7,10-11,13-14,17-18H,4-5,8-9,12,15-16H2,1-3H3,(H2,28,31)(H,29,36). The molecule has 10 nitrogen and oxygen atoms in total. The number of imidazole rings is 1. The van der Waals surface area contributed by atoms with Gasteiger partial charge in [-0.15, -0.1) is 5.11 Å². The Labute approximate surface area is 216 Å². The highest BCUT2D eigenvalue weighted by Crippen LogP contribution is 2.28. The Morgan fingerprint density at radius 1 is 1.14 bits per heavy atom. The number of nitrogens with one attached hydrogen (secondary N) is 1. The third kappa shape index (κ3) is 6.38. The van der Waals surface area contributed by atoms with Crippen LogP contribution in [-0.4, -0.2) is 44.8 Å². The van der Waals surface area contributed by atoms with Crippen LogP contribution >= 0.6 is 0 Å². The van der Waals surface area contributed by atoms with Gasteiger partial charge >= 0.3 is 0 Å². The van der Waals surface area contributed by atoms with E-state index in [2.05, 4.69) is 32.4 Å². The van der Waals surface area contributed by atoms with E-state index in [9.17, 15) is 4.79 Å². The smallest absolute Gasteiger partial charge is 0.252 e. The third-order valence-electron chi connectivity index (χ3n) is 5.78. The lowest BCUT2D eigenvalue weighted by Crippen LogP contribution is -2.25. The average Bonchev–Trinajstić information content (AvgIpc) is 3.27. The number of nitrogens with two attached hydrogens (primary N) is 1. The molecule has 3 N–H and O–H groups in total. The number of azo groups is 1. The molecule has 0 fully saturated rings. The van der Waals surface area contributed by atoms with Crippen molar-refractivity contribution in [2.75, 3.05) is 18.9 Å². The van der Waals surface area contributed by atoms with Crippen LogP contribution in [0.25, 0.3) is 21.9 Å². The summed E-state index contributed by atoms with van der Waals surface area (Å²) in [6.07, 6.45) is 5.89. The molecule has 10 heteroatoms. The van der Waals surface area contributed by atoms with E-state index in [4.69, 9.17) is 15.6 Å². The number of amides is 1. The summed E-state index contributed by atoms with van der Waals surface area (Å²) >= 11 is 0. The van der Waals surface area contributed by atoms with Crippen LogP contribution in [-0.2, 0) is 6.42 Å². The molecule has 0 unspecified atom stereocenters. The van der Waals surface area contributed by atoms with E-state index >= 15 is 0 Å². The number of carbonyl (C=O) groups is 1. The fourth-order valence-electron chi connectivity index (χ4n) is 3.89. The lowest BCUT2D eigenvalue weighted by atomic mass is 10.2. The second-order valence-electron chi connectivity index (χ2n) is 9.15. The van der Waals surface area contributed by atoms with Gasteiger partial charge in [-0.1, -0.05) is 31.5 Å². The number of carbonyl (C=O) groups excluding carboxylic acids is 1. The number of hydrogen-bond donors (Lipinski definition) is 2. The van der Waals surface area contributed by atoms with Crippen molar-refractivity contribution >= 4 is 39.5 Å². The molecule has 0 saturated carbocycles. The van der Waals surface area contributed by atoms with Crippen LogP contribution in [0.4, 0.5) is 11.6 Å². The van der Waals surface area contributed by atoms with Crippen molar-refractivity contribution in [3.63, 3.8) is 0 Å². The second-order valence-corrected chi connectivity index (χ2v) is 9.15. The summed E-state index contributed by atoms with van der Waals surface area (Å²) in [5, 5.41) is 12.0. The van der Waals surface area contributed by atoms with Gasteiger partial charge in [0.2, 0.25) is 0 Å². The molecule has 3 heterocycles. The summed E-state index contributed by atoms with van der Waals surface area (Å²) in [5.41, 5.74) is 9.07. The van der Waals surface area contributed by atoms with E-state index in [1.54, 1.807) is 12.1 Å². The Morgan fingerprint density at radius 2 is 1.97 bits per heavy atom. The third-order valence-corrected chi connectivity index (χ3v) is 5.78. The molecule has 194 valence electrons. The topological polar surface area (TPSA) is 133 Å². The van der Waals surface area contributed by atoms with Crippen molar-refractivity contribution in [1.29, 1.82) is 0 Å². The molecule has 4 aromatic rings. The van der Waals surface area contributed by atoms with E-state index in [-0.39, 0.29) is 11.9 Å². The van der Waals surface area contributed by atoms with Crippen molar-refractivity contribution in [3.05, 3.63) is 54.0 Å². The normalized spacial score (nSPS) is 11.7. The van der Waals surface area contributed by atoms with E-state index in [0.717, 1.165) is 54.3 Å². The first kappa shape index (κ1) is 26.0. The van der Waals surface area contributed by atoms with Gasteiger partial charge in [0.1, 0.15) is 23.5 Å². The van der Waals surface area contributed by atoms with Gasteiger partial charge in [-0.05, 0) is 51.3 Å². The number of para-hydroxylation sites is 1. The highest BCUT2D eigenvalue weighted by molar-refractivity contribution is 6.06. The number of rotatable bonds is 12. The number of fused-ring (bicyclic) bond motifs is 3. The molecule has 1 amide bonds. The van der Waals surface area contributed by atoms with E-state index < -0.39 is 0 Å². The van der Waals surface area contributed by atoms with Crippen molar-refractivity contribution in [3.8, 4) is 0 Å². The SMILES string of the molecule is CCCCc1nc2c(N)nc3ccccc3c2n1OCCCCNC(=O)c1ccc(N=NC(C)C)nc1. The monoisotopic (exact) mass is 502 g/mol. The molecule has 0 aliphatic heterocycles. The van der Waals surface area contributed by atoms with Gasteiger partial charge < -0.3 is 15.9 Å². The summed E-state index contributed by atoms with van der Waals surface area (Å²) in [4.78, 5) is 32.1. The molecule has 0 radical (unpaired) electrons. The van der Waals surface area contributed by atoms with E-state index in [1.165, 1.54) is 6.20 Å². The van der Waals surface area contributed by atoms with Crippen molar-refractivity contribution in [1.82, 2.24) is 25.0 Å². The minimum atomic E-state index is -0.169. The maximum atomic E-state index is 12.4. The van der Waals surface area contributed by atoms with Crippen LogP contribution < -0.4 is 15.9 Å². The molecular formula is C27H34N8O2. The number of hydrogen-bond acceptors (Lipinski definition) is 8. The highest BCUT2D eigenvalue weighted by atomic mass is 16.7. The Morgan fingerprint density at radius 3 is 2.73 bits per heavy atom. The minimum absolute atomic E-state index is 0.0960. The molecule has 0 saturated heterocycles. The number of aromatic nitrogens is 4. The Hall–Kier alpha value is -4.08. The quantitative estimate of drug-likeness (QED) is 0.206. The minimum Gasteiger partial charge on any atom is -0.412 e. The maximum absolute atomic E-state index is 12.4. The van der Waals surface area contributed by atoms with Gasteiger partial charge in [0.25, 0.3) is 5.91 Å². The van der Waals surface area contributed by atoms with Gasteiger partial charge in [-0.3, -0.25) is 4.79 Å². The van der Waals surface area contributed by atoms with Crippen LogP contribution in [0.1, 0.15) is 62.6 Å². The van der Waals surface area contributed by atoms with Gasteiger partial charge in [0.15, 0.2) is 11.6 Å². The fourth-order valence-corrected chi connectivity index (χ4v) is 3.89. The number of nitrogens with zero attached hydrogens (tertiary/aromatic N) is 6. The average molecular weight is 503 g/mol. The van der Waals surface area contributed by atoms with Crippen LogP contribution in [0.3, 0.4) is 0 Å². The fraction of sp³-hybridized carbons (Fsp3) is 0.407. The van der Waals surface area contributed by atoms with Gasteiger partial charge in [-0.2, -0.15) is 9.84 Å². The molecule has 1 aromatic carbocycles. The molecule has 3 aromatic heterocycles. The predicted octanol–water partition coefficient (Wildman–Crippen LogP) is 5.04. The Kier molecular flexibility index (Phi) is 8.60. The number of unbranched alkanes of at least 4 members (excludes halogenated alkanes) is 2. The van der Waals surface area contributed by atoms with E-state index in [1.807, 2.05) is 42.8 Å². The highest BCUT2D eigenvalue weighted by Gasteiger charge is 2.18. The number of aryl methyl sites for hydroxylation is 1.